The van der Waals surface area contributed by atoms with Gasteiger partial charge < -0.3 is 15.0 Å². The van der Waals surface area contributed by atoms with Gasteiger partial charge in [-0.15, -0.1) is 0 Å². The Hall–Kier alpha value is -3.04. The number of benzene rings is 2. The predicted octanol–water partition coefficient (Wildman–Crippen LogP) is 3.60. The molecular weight excluding hydrogens is 354 g/mol. The lowest BCUT2D eigenvalue weighted by Crippen LogP contribution is -2.32. The second-order valence-electron chi connectivity index (χ2n) is 5.48. The molecule has 0 radical (unpaired) electrons. The van der Waals surface area contributed by atoms with Crippen molar-refractivity contribution >= 4 is 34.8 Å². The molecule has 0 aliphatic heterocycles. The Labute approximate surface area is 156 Å². The number of anilines is 2. The Morgan fingerprint density at radius 3 is 2.65 bits per heavy atom. The molecule has 26 heavy (non-hydrogen) atoms. The number of methoxy groups -OCH3 is 1. The van der Waals surface area contributed by atoms with Gasteiger partial charge in [0.2, 0.25) is 11.8 Å². The van der Waals surface area contributed by atoms with Crippen molar-refractivity contribution in [2.45, 2.75) is 13.3 Å². The van der Waals surface area contributed by atoms with Gasteiger partial charge in [0.15, 0.2) is 0 Å². The Balaban J connectivity index is 2.04. The van der Waals surface area contributed by atoms with Crippen molar-refractivity contribution < 1.29 is 14.3 Å². The van der Waals surface area contributed by atoms with Crippen LogP contribution in [0.1, 0.15) is 18.9 Å². The molecule has 0 unspecified atom stereocenters. The van der Waals surface area contributed by atoms with Crippen LogP contribution in [0.4, 0.5) is 11.4 Å². The normalized spacial score (nSPS) is 9.92. The van der Waals surface area contributed by atoms with Gasteiger partial charge in [-0.25, -0.2) is 0 Å². The van der Waals surface area contributed by atoms with Crippen LogP contribution < -0.4 is 15.0 Å². The number of nitrogens with one attached hydrogen (secondary N) is 1. The molecule has 0 spiro atoms. The van der Waals surface area contributed by atoms with Crippen LogP contribution in [0.15, 0.2) is 42.5 Å². The summed E-state index contributed by atoms with van der Waals surface area (Å²) in [5, 5.41) is 12.0. The maximum absolute atomic E-state index is 12.2. The van der Waals surface area contributed by atoms with Gasteiger partial charge in [0.25, 0.3) is 0 Å². The van der Waals surface area contributed by atoms with E-state index in [9.17, 15) is 9.59 Å². The molecular formula is C19H18ClN3O3. The molecule has 1 N–H and O–H groups in total. The van der Waals surface area contributed by atoms with Gasteiger partial charge in [0.1, 0.15) is 5.75 Å². The zero-order valence-electron chi connectivity index (χ0n) is 14.5. The first-order chi connectivity index (χ1) is 12.4. The first-order valence-corrected chi connectivity index (χ1v) is 8.24. The number of halogens is 1. The summed E-state index contributed by atoms with van der Waals surface area (Å²) in [5.41, 5.74) is 1.58. The van der Waals surface area contributed by atoms with Gasteiger partial charge >= 0.3 is 0 Å². The van der Waals surface area contributed by atoms with E-state index < -0.39 is 0 Å². The third-order valence-electron chi connectivity index (χ3n) is 3.67. The average Bonchev–Trinajstić information content (AvgIpc) is 2.62. The van der Waals surface area contributed by atoms with Crippen molar-refractivity contribution in [1.82, 2.24) is 0 Å². The summed E-state index contributed by atoms with van der Waals surface area (Å²) in [6, 6.07) is 13.6. The Kier molecular flexibility index (Phi) is 6.59. The minimum atomic E-state index is -0.258. The van der Waals surface area contributed by atoms with E-state index in [0.717, 1.165) is 0 Å². The van der Waals surface area contributed by atoms with Crippen molar-refractivity contribution in [2.75, 3.05) is 23.9 Å². The predicted molar refractivity (Wildman–Crippen MR) is 100 cm³/mol. The molecule has 7 heteroatoms. The second-order valence-corrected chi connectivity index (χ2v) is 5.89. The first-order valence-electron chi connectivity index (χ1n) is 7.86. The van der Waals surface area contributed by atoms with Crippen molar-refractivity contribution in [1.29, 1.82) is 5.26 Å². The van der Waals surface area contributed by atoms with Gasteiger partial charge in [-0.3, -0.25) is 9.59 Å². The molecule has 0 aliphatic carbocycles. The van der Waals surface area contributed by atoms with Crippen LogP contribution >= 0.6 is 11.6 Å². The largest absolute Gasteiger partial charge is 0.495 e. The summed E-state index contributed by atoms with van der Waals surface area (Å²) in [6.45, 7) is 1.62. The third kappa shape index (κ3) is 4.98. The highest BCUT2D eigenvalue weighted by Gasteiger charge is 2.15. The lowest BCUT2D eigenvalue weighted by atomic mass is 10.2. The molecule has 0 fully saturated rings. The molecule has 0 bridgehead atoms. The topological polar surface area (TPSA) is 82.4 Å². The summed E-state index contributed by atoms with van der Waals surface area (Å²) in [7, 11) is 1.51. The van der Waals surface area contributed by atoms with Gasteiger partial charge in [0, 0.05) is 31.3 Å². The number of hydrogen-bond donors (Lipinski definition) is 1. The summed E-state index contributed by atoms with van der Waals surface area (Å²) >= 11 is 6.11. The molecule has 0 aromatic heterocycles. The Bertz CT molecular complexity index is 861. The average molecular weight is 372 g/mol. The number of nitrogens with zero attached hydrogens (tertiary/aromatic N) is 2. The Morgan fingerprint density at radius 2 is 2.04 bits per heavy atom. The van der Waals surface area contributed by atoms with E-state index in [1.807, 2.05) is 6.07 Å². The van der Waals surface area contributed by atoms with Gasteiger partial charge in [0.05, 0.1) is 23.8 Å². The molecule has 0 aliphatic rings. The maximum atomic E-state index is 12.2. The van der Waals surface area contributed by atoms with Gasteiger partial charge in [-0.2, -0.15) is 5.26 Å². The molecule has 2 rings (SSSR count). The summed E-state index contributed by atoms with van der Waals surface area (Å²) < 4.78 is 5.10. The van der Waals surface area contributed by atoms with Gasteiger partial charge in [-0.1, -0.05) is 17.7 Å². The zero-order valence-corrected chi connectivity index (χ0v) is 15.2. The first kappa shape index (κ1) is 19.3. The second kappa shape index (κ2) is 8.88. The van der Waals surface area contributed by atoms with E-state index in [-0.39, 0.29) is 24.8 Å². The molecule has 2 aromatic carbocycles. The van der Waals surface area contributed by atoms with E-state index in [1.165, 1.54) is 18.9 Å². The lowest BCUT2D eigenvalue weighted by molar-refractivity contribution is -0.117. The van der Waals surface area contributed by atoms with E-state index >= 15 is 0 Å². The van der Waals surface area contributed by atoms with E-state index in [4.69, 9.17) is 21.6 Å². The fraction of sp³-hybridized carbons (Fsp3) is 0.211. The van der Waals surface area contributed by atoms with Crippen LogP contribution in [0.3, 0.4) is 0 Å². The van der Waals surface area contributed by atoms with E-state index in [1.54, 1.807) is 42.5 Å². The van der Waals surface area contributed by atoms with Crippen LogP contribution in [-0.4, -0.2) is 25.5 Å². The molecule has 0 saturated carbocycles. The SMILES string of the molecule is COc1ccc(N(CCC(=O)Nc2cccc(C#N)c2)C(C)=O)cc1Cl. The fourth-order valence-corrected chi connectivity index (χ4v) is 2.65. The number of rotatable bonds is 6. The number of carbonyl (C=O) groups excluding carboxylic acids is 2. The lowest BCUT2D eigenvalue weighted by Gasteiger charge is -2.21. The van der Waals surface area contributed by atoms with Crippen LogP contribution in [0, 0.1) is 11.3 Å². The van der Waals surface area contributed by atoms with Crippen molar-refractivity contribution in [3.63, 3.8) is 0 Å². The van der Waals surface area contributed by atoms with Crippen molar-refractivity contribution in [3.8, 4) is 11.8 Å². The highest BCUT2D eigenvalue weighted by atomic mass is 35.5. The van der Waals surface area contributed by atoms with Crippen LogP contribution in [0.5, 0.6) is 5.75 Å². The van der Waals surface area contributed by atoms with Crippen LogP contribution in [-0.2, 0) is 9.59 Å². The monoisotopic (exact) mass is 371 g/mol. The highest BCUT2D eigenvalue weighted by Crippen LogP contribution is 2.29. The molecule has 0 saturated heterocycles. The number of nitriles is 1. The smallest absolute Gasteiger partial charge is 0.226 e. The Morgan fingerprint density at radius 1 is 1.27 bits per heavy atom. The fourth-order valence-electron chi connectivity index (χ4n) is 2.39. The quantitative estimate of drug-likeness (QED) is 0.840. The minimum absolute atomic E-state index is 0.0972. The van der Waals surface area contributed by atoms with Crippen LogP contribution in [0.25, 0.3) is 0 Å². The van der Waals surface area contributed by atoms with E-state index in [2.05, 4.69) is 5.32 Å². The molecule has 0 atom stereocenters. The van der Waals surface area contributed by atoms with Gasteiger partial charge in [-0.05, 0) is 36.4 Å². The third-order valence-corrected chi connectivity index (χ3v) is 3.96. The molecule has 0 heterocycles. The zero-order chi connectivity index (χ0) is 19.1. The van der Waals surface area contributed by atoms with E-state index in [0.29, 0.717) is 27.7 Å². The summed E-state index contributed by atoms with van der Waals surface area (Å²) in [6.07, 6.45) is 0.0972. The molecule has 2 aromatic rings. The number of hydrogen-bond acceptors (Lipinski definition) is 4. The van der Waals surface area contributed by atoms with Crippen LogP contribution in [0.2, 0.25) is 5.02 Å². The summed E-state index contributed by atoms with van der Waals surface area (Å²) in [4.78, 5) is 25.6. The highest BCUT2D eigenvalue weighted by molar-refractivity contribution is 6.32. The molecule has 2 amide bonds. The van der Waals surface area contributed by atoms with Crippen molar-refractivity contribution in [2.24, 2.45) is 0 Å². The van der Waals surface area contributed by atoms with Crippen molar-refractivity contribution in [3.05, 3.63) is 53.1 Å². The number of ether oxygens (including phenoxy) is 1. The number of carbonyl (C=O) groups is 2. The summed E-state index contributed by atoms with van der Waals surface area (Å²) in [5.74, 6) is 0.0468. The molecule has 6 nitrogen and oxygen atoms in total. The minimum Gasteiger partial charge on any atom is -0.495 e. The maximum Gasteiger partial charge on any atom is 0.226 e. The molecule has 134 valence electrons. The number of amides is 2. The standard InChI is InChI=1S/C19H18ClN3O3/c1-13(24)23(16-6-7-18(26-2)17(20)11-16)9-8-19(25)22-15-5-3-4-14(10-15)12-21/h3-7,10-11H,8-9H2,1-2H3,(H,22,25).